The highest BCUT2D eigenvalue weighted by molar-refractivity contribution is 7.10. The van der Waals surface area contributed by atoms with Crippen LogP contribution >= 0.6 is 22.7 Å². The lowest BCUT2D eigenvalue weighted by molar-refractivity contribution is 0.0314. The molecule has 0 saturated carbocycles. The van der Waals surface area contributed by atoms with E-state index in [9.17, 15) is 4.79 Å². The SMILES string of the molecule is O=C(NCc1cccs1)NC[C@@H](OCCO)c1cccs1. The fourth-order valence-corrected chi connectivity index (χ4v) is 3.16. The van der Waals surface area contributed by atoms with Gasteiger partial charge in [-0.1, -0.05) is 12.1 Å². The second-order valence-electron chi connectivity index (χ2n) is 4.24. The molecule has 0 aliphatic carbocycles. The molecule has 2 heterocycles. The molecule has 0 aromatic carbocycles. The van der Waals surface area contributed by atoms with Crippen LogP contribution < -0.4 is 10.6 Å². The van der Waals surface area contributed by atoms with Gasteiger partial charge in [0.2, 0.25) is 0 Å². The first kappa shape index (κ1) is 16.0. The zero-order chi connectivity index (χ0) is 14.9. The predicted molar refractivity (Wildman–Crippen MR) is 84.7 cm³/mol. The summed E-state index contributed by atoms with van der Waals surface area (Å²) in [4.78, 5) is 13.9. The van der Waals surface area contributed by atoms with Crippen LogP contribution in [0.3, 0.4) is 0 Å². The molecule has 2 aromatic heterocycles. The van der Waals surface area contributed by atoms with Gasteiger partial charge < -0.3 is 20.5 Å². The fraction of sp³-hybridized carbons (Fsp3) is 0.357. The van der Waals surface area contributed by atoms with Crippen molar-refractivity contribution in [1.82, 2.24) is 10.6 Å². The van der Waals surface area contributed by atoms with Crippen molar-refractivity contribution in [3.05, 3.63) is 44.8 Å². The van der Waals surface area contributed by atoms with E-state index in [1.54, 1.807) is 22.7 Å². The van der Waals surface area contributed by atoms with Gasteiger partial charge in [0.25, 0.3) is 0 Å². The summed E-state index contributed by atoms with van der Waals surface area (Å²) < 4.78 is 5.56. The maximum Gasteiger partial charge on any atom is 0.315 e. The Morgan fingerprint density at radius 1 is 1.24 bits per heavy atom. The average Bonchev–Trinajstić information content (AvgIpc) is 3.18. The number of amides is 2. The molecule has 0 unspecified atom stereocenters. The van der Waals surface area contributed by atoms with Gasteiger partial charge in [-0.3, -0.25) is 0 Å². The lowest BCUT2D eigenvalue weighted by atomic mass is 10.3. The number of carbonyl (C=O) groups is 1. The highest BCUT2D eigenvalue weighted by Gasteiger charge is 2.14. The number of hydrogen-bond acceptors (Lipinski definition) is 5. The first-order chi connectivity index (χ1) is 10.3. The molecule has 5 nitrogen and oxygen atoms in total. The largest absolute Gasteiger partial charge is 0.394 e. The van der Waals surface area contributed by atoms with Gasteiger partial charge in [-0.15, -0.1) is 22.7 Å². The van der Waals surface area contributed by atoms with Gasteiger partial charge in [-0.05, 0) is 22.9 Å². The lowest BCUT2D eigenvalue weighted by Crippen LogP contribution is -2.37. The van der Waals surface area contributed by atoms with Gasteiger partial charge in [-0.2, -0.15) is 0 Å². The maximum atomic E-state index is 11.8. The van der Waals surface area contributed by atoms with E-state index in [1.807, 2.05) is 35.0 Å². The van der Waals surface area contributed by atoms with E-state index in [-0.39, 0.29) is 25.3 Å². The molecule has 0 spiro atoms. The van der Waals surface area contributed by atoms with E-state index >= 15 is 0 Å². The number of urea groups is 1. The minimum atomic E-state index is -0.232. The molecular formula is C14H18N2O3S2. The highest BCUT2D eigenvalue weighted by atomic mass is 32.1. The molecule has 0 saturated heterocycles. The summed E-state index contributed by atoms with van der Waals surface area (Å²) in [5, 5.41) is 18.4. The van der Waals surface area contributed by atoms with Crippen molar-refractivity contribution < 1.29 is 14.6 Å². The van der Waals surface area contributed by atoms with Crippen LogP contribution in [0.5, 0.6) is 0 Å². The number of nitrogens with one attached hydrogen (secondary N) is 2. The molecule has 114 valence electrons. The monoisotopic (exact) mass is 326 g/mol. The molecule has 2 rings (SSSR count). The first-order valence-electron chi connectivity index (χ1n) is 6.59. The summed E-state index contributed by atoms with van der Waals surface area (Å²) in [5.41, 5.74) is 0. The quantitative estimate of drug-likeness (QED) is 0.697. The maximum absolute atomic E-state index is 11.8. The zero-order valence-electron chi connectivity index (χ0n) is 11.5. The van der Waals surface area contributed by atoms with Crippen molar-refractivity contribution >= 4 is 28.7 Å². The van der Waals surface area contributed by atoms with E-state index in [1.165, 1.54) is 0 Å². The number of thiophene rings is 2. The Hall–Kier alpha value is -1.41. The molecule has 0 radical (unpaired) electrons. The zero-order valence-corrected chi connectivity index (χ0v) is 13.1. The van der Waals surface area contributed by atoms with Crippen molar-refractivity contribution in [2.75, 3.05) is 19.8 Å². The molecule has 0 aliphatic rings. The average molecular weight is 326 g/mol. The lowest BCUT2D eigenvalue weighted by Gasteiger charge is -2.17. The smallest absolute Gasteiger partial charge is 0.315 e. The van der Waals surface area contributed by atoms with E-state index < -0.39 is 0 Å². The number of aliphatic hydroxyl groups is 1. The number of aliphatic hydroxyl groups excluding tert-OH is 1. The number of ether oxygens (including phenoxy) is 1. The molecule has 0 aliphatic heterocycles. The molecule has 3 N–H and O–H groups in total. The van der Waals surface area contributed by atoms with Gasteiger partial charge in [-0.25, -0.2) is 4.79 Å². The van der Waals surface area contributed by atoms with Crippen LogP contribution in [-0.2, 0) is 11.3 Å². The number of hydrogen-bond donors (Lipinski definition) is 3. The molecule has 7 heteroatoms. The van der Waals surface area contributed by atoms with Crippen LogP contribution in [0.4, 0.5) is 4.79 Å². The minimum absolute atomic E-state index is 0.0353. The Morgan fingerprint density at radius 3 is 2.71 bits per heavy atom. The van der Waals surface area contributed by atoms with Gasteiger partial charge in [0, 0.05) is 9.75 Å². The van der Waals surface area contributed by atoms with Crippen molar-refractivity contribution in [2.24, 2.45) is 0 Å². The molecule has 2 amide bonds. The van der Waals surface area contributed by atoms with Crippen LogP contribution in [0, 0.1) is 0 Å². The molecule has 2 aromatic rings. The van der Waals surface area contributed by atoms with Gasteiger partial charge in [0.15, 0.2) is 0 Å². The summed E-state index contributed by atoms with van der Waals surface area (Å²) >= 11 is 3.17. The van der Waals surface area contributed by atoms with Crippen LogP contribution in [0.25, 0.3) is 0 Å². The second kappa shape index (κ2) is 8.78. The Morgan fingerprint density at radius 2 is 2.05 bits per heavy atom. The highest BCUT2D eigenvalue weighted by Crippen LogP contribution is 2.21. The molecule has 0 fully saturated rings. The van der Waals surface area contributed by atoms with Gasteiger partial charge in [0.1, 0.15) is 6.10 Å². The van der Waals surface area contributed by atoms with Crippen molar-refractivity contribution in [1.29, 1.82) is 0 Å². The van der Waals surface area contributed by atoms with E-state index in [4.69, 9.17) is 9.84 Å². The Balaban J connectivity index is 1.76. The van der Waals surface area contributed by atoms with E-state index in [0.717, 1.165) is 9.75 Å². The van der Waals surface area contributed by atoms with Gasteiger partial charge in [0.05, 0.1) is 26.3 Å². The third-order valence-electron chi connectivity index (χ3n) is 2.72. The van der Waals surface area contributed by atoms with Crippen molar-refractivity contribution in [3.63, 3.8) is 0 Å². The van der Waals surface area contributed by atoms with Crippen LogP contribution in [0.15, 0.2) is 35.0 Å². The summed E-state index contributed by atoms with van der Waals surface area (Å²) in [5.74, 6) is 0. The molecular weight excluding hydrogens is 308 g/mol. The Labute approximate surface area is 131 Å². The van der Waals surface area contributed by atoms with Crippen molar-refractivity contribution in [3.8, 4) is 0 Å². The predicted octanol–water partition coefficient (Wildman–Crippen LogP) is 2.36. The third kappa shape index (κ3) is 5.47. The van der Waals surface area contributed by atoms with E-state index in [2.05, 4.69) is 10.6 Å². The second-order valence-corrected chi connectivity index (χ2v) is 6.25. The van der Waals surface area contributed by atoms with Gasteiger partial charge >= 0.3 is 6.03 Å². The molecule has 21 heavy (non-hydrogen) atoms. The van der Waals surface area contributed by atoms with Crippen LogP contribution in [0.1, 0.15) is 15.9 Å². The first-order valence-corrected chi connectivity index (χ1v) is 8.35. The van der Waals surface area contributed by atoms with Crippen molar-refractivity contribution in [2.45, 2.75) is 12.6 Å². The normalized spacial score (nSPS) is 12.0. The minimum Gasteiger partial charge on any atom is -0.394 e. The fourth-order valence-electron chi connectivity index (χ4n) is 1.74. The summed E-state index contributed by atoms with van der Waals surface area (Å²) in [6, 6.07) is 7.60. The third-order valence-corrected chi connectivity index (χ3v) is 4.56. The molecule has 0 bridgehead atoms. The van der Waals surface area contributed by atoms with E-state index in [0.29, 0.717) is 13.1 Å². The summed E-state index contributed by atoms with van der Waals surface area (Å²) in [6.45, 7) is 1.11. The Kier molecular flexibility index (Phi) is 6.68. The summed E-state index contributed by atoms with van der Waals surface area (Å²) in [7, 11) is 0. The standard InChI is InChI=1S/C14H18N2O3S2/c17-5-6-19-12(13-4-2-8-21-13)10-16-14(18)15-9-11-3-1-7-20-11/h1-4,7-8,12,17H,5-6,9-10H2,(H2,15,16,18)/t12-/m1/s1. The summed E-state index contributed by atoms with van der Waals surface area (Å²) in [6.07, 6.45) is -0.232. The van der Waals surface area contributed by atoms with Crippen LogP contribution in [-0.4, -0.2) is 30.9 Å². The Bertz CT molecular complexity index is 514. The number of rotatable bonds is 8. The molecule has 1 atom stereocenters. The van der Waals surface area contributed by atoms with Crippen LogP contribution in [0.2, 0.25) is 0 Å². The number of carbonyl (C=O) groups excluding carboxylic acids is 1. The topological polar surface area (TPSA) is 70.6 Å².